The van der Waals surface area contributed by atoms with Gasteiger partial charge in [0.15, 0.2) is 10.2 Å². The summed E-state index contributed by atoms with van der Waals surface area (Å²) in [6.07, 6.45) is 4.18. The van der Waals surface area contributed by atoms with Crippen molar-refractivity contribution in [3.8, 4) is 0 Å². The SMILES string of the molecule is C[C@H]1CN2C[C@H](O)C[C@H]2CN1Cc1ccc(Sc2ncccn2)o1. The van der Waals surface area contributed by atoms with Gasteiger partial charge >= 0.3 is 0 Å². The van der Waals surface area contributed by atoms with E-state index in [0.29, 0.717) is 17.2 Å². The Morgan fingerprint density at radius 1 is 1.25 bits per heavy atom. The highest BCUT2D eigenvalue weighted by Crippen LogP contribution is 2.29. The minimum atomic E-state index is -0.167. The van der Waals surface area contributed by atoms with E-state index in [1.165, 1.54) is 11.8 Å². The monoisotopic (exact) mass is 346 g/mol. The highest BCUT2D eigenvalue weighted by atomic mass is 32.2. The Labute approximate surface area is 145 Å². The van der Waals surface area contributed by atoms with Gasteiger partial charge in [-0.1, -0.05) is 0 Å². The molecule has 0 unspecified atom stereocenters. The predicted octanol–water partition coefficient (Wildman–Crippen LogP) is 1.86. The van der Waals surface area contributed by atoms with Gasteiger partial charge in [0.05, 0.1) is 12.6 Å². The van der Waals surface area contributed by atoms with Gasteiger partial charge in [-0.25, -0.2) is 9.97 Å². The van der Waals surface area contributed by atoms with Crippen LogP contribution >= 0.6 is 11.8 Å². The third-order valence-corrected chi connectivity index (χ3v) is 5.62. The van der Waals surface area contributed by atoms with Crippen LogP contribution in [0.5, 0.6) is 0 Å². The van der Waals surface area contributed by atoms with Crippen LogP contribution in [0.4, 0.5) is 0 Å². The number of hydrogen-bond donors (Lipinski definition) is 1. The third-order valence-electron chi connectivity index (χ3n) is 4.80. The Bertz CT molecular complexity index is 680. The summed E-state index contributed by atoms with van der Waals surface area (Å²) in [5.41, 5.74) is 0. The van der Waals surface area contributed by atoms with Gasteiger partial charge in [-0.05, 0) is 43.3 Å². The molecule has 6 nitrogen and oxygen atoms in total. The summed E-state index contributed by atoms with van der Waals surface area (Å²) in [6, 6.07) is 6.76. The lowest BCUT2D eigenvalue weighted by Crippen LogP contribution is -2.54. The number of aliphatic hydroxyl groups is 1. The van der Waals surface area contributed by atoms with Crippen molar-refractivity contribution in [2.45, 2.75) is 48.3 Å². The first kappa shape index (κ1) is 16.1. The van der Waals surface area contributed by atoms with Gasteiger partial charge in [0.2, 0.25) is 0 Å². The van der Waals surface area contributed by atoms with Gasteiger partial charge in [-0.3, -0.25) is 9.80 Å². The molecule has 0 amide bonds. The van der Waals surface area contributed by atoms with E-state index in [-0.39, 0.29) is 6.10 Å². The zero-order valence-electron chi connectivity index (χ0n) is 13.7. The lowest BCUT2D eigenvalue weighted by molar-refractivity contribution is 0.0476. The maximum Gasteiger partial charge on any atom is 0.195 e. The highest BCUT2D eigenvalue weighted by Gasteiger charge is 2.38. The Morgan fingerprint density at radius 2 is 2.08 bits per heavy atom. The lowest BCUT2D eigenvalue weighted by atomic mass is 10.1. The maximum absolute atomic E-state index is 9.87. The van der Waals surface area contributed by atoms with Crippen LogP contribution in [0.15, 0.2) is 45.3 Å². The summed E-state index contributed by atoms with van der Waals surface area (Å²) in [6.45, 7) is 5.88. The molecule has 2 aromatic rings. The molecule has 0 aromatic carbocycles. The molecule has 3 atom stereocenters. The summed E-state index contributed by atoms with van der Waals surface area (Å²) in [7, 11) is 0. The van der Waals surface area contributed by atoms with Gasteiger partial charge in [-0.15, -0.1) is 0 Å². The quantitative estimate of drug-likeness (QED) is 0.848. The molecule has 2 saturated heterocycles. The molecule has 0 saturated carbocycles. The number of aliphatic hydroxyl groups excluding tert-OH is 1. The second-order valence-corrected chi connectivity index (χ2v) is 7.60. The molecule has 24 heavy (non-hydrogen) atoms. The van der Waals surface area contributed by atoms with Crippen molar-refractivity contribution in [1.82, 2.24) is 19.8 Å². The van der Waals surface area contributed by atoms with Crippen molar-refractivity contribution in [3.05, 3.63) is 36.4 Å². The molecule has 2 aliphatic heterocycles. The fourth-order valence-electron chi connectivity index (χ4n) is 3.62. The zero-order chi connectivity index (χ0) is 16.5. The first-order valence-corrected chi connectivity index (χ1v) is 9.19. The van der Waals surface area contributed by atoms with Crippen LogP contribution in [0.3, 0.4) is 0 Å². The van der Waals surface area contributed by atoms with Crippen molar-refractivity contribution in [1.29, 1.82) is 0 Å². The molecule has 2 fully saturated rings. The number of hydrogen-bond acceptors (Lipinski definition) is 7. The molecule has 0 radical (unpaired) electrons. The molecule has 128 valence electrons. The van der Waals surface area contributed by atoms with Gasteiger partial charge in [-0.2, -0.15) is 0 Å². The van der Waals surface area contributed by atoms with E-state index in [4.69, 9.17) is 4.42 Å². The van der Waals surface area contributed by atoms with Gasteiger partial charge < -0.3 is 9.52 Å². The smallest absolute Gasteiger partial charge is 0.195 e. The third kappa shape index (κ3) is 3.49. The summed E-state index contributed by atoms with van der Waals surface area (Å²) in [5.74, 6) is 0.965. The van der Waals surface area contributed by atoms with Crippen LogP contribution in [-0.2, 0) is 6.54 Å². The Hall–Kier alpha value is -1.41. The van der Waals surface area contributed by atoms with E-state index in [2.05, 4.69) is 26.7 Å². The van der Waals surface area contributed by atoms with E-state index < -0.39 is 0 Å². The van der Waals surface area contributed by atoms with Crippen LogP contribution in [0.2, 0.25) is 0 Å². The normalized spacial score (nSPS) is 28.2. The molecule has 2 aliphatic rings. The zero-order valence-corrected chi connectivity index (χ0v) is 14.5. The number of rotatable bonds is 4. The number of piperazine rings is 1. The van der Waals surface area contributed by atoms with Crippen LogP contribution in [0, 0.1) is 0 Å². The van der Waals surface area contributed by atoms with Crippen molar-refractivity contribution in [2.75, 3.05) is 19.6 Å². The molecule has 0 aliphatic carbocycles. The molecular formula is C17H22N4O2S. The van der Waals surface area contributed by atoms with Crippen molar-refractivity contribution in [2.24, 2.45) is 0 Å². The molecule has 1 N–H and O–H groups in total. The average Bonchev–Trinajstić information content (AvgIpc) is 3.14. The van der Waals surface area contributed by atoms with Crippen molar-refractivity contribution in [3.63, 3.8) is 0 Å². The molecule has 7 heteroatoms. The fraction of sp³-hybridized carbons (Fsp3) is 0.529. The van der Waals surface area contributed by atoms with Crippen LogP contribution in [0.1, 0.15) is 19.1 Å². The Balaban J connectivity index is 1.39. The van der Waals surface area contributed by atoms with Crippen LogP contribution < -0.4 is 0 Å². The van der Waals surface area contributed by atoms with E-state index in [1.54, 1.807) is 18.5 Å². The fourth-order valence-corrected chi connectivity index (χ4v) is 4.32. The Kier molecular flexibility index (Phi) is 4.58. The van der Waals surface area contributed by atoms with E-state index in [0.717, 1.165) is 43.5 Å². The van der Waals surface area contributed by atoms with Gasteiger partial charge in [0, 0.05) is 44.1 Å². The number of furan rings is 1. The molecule has 2 aromatic heterocycles. The van der Waals surface area contributed by atoms with E-state index >= 15 is 0 Å². The van der Waals surface area contributed by atoms with Crippen molar-refractivity contribution >= 4 is 11.8 Å². The van der Waals surface area contributed by atoms with Gasteiger partial charge in [0.1, 0.15) is 5.76 Å². The molecular weight excluding hydrogens is 324 g/mol. The topological polar surface area (TPSA) is 65.6 Å². The lowest BCUT2D eigenvalue weighted by Gasteiger charge is -2.41. The van der Waals surface area contributed by atoms with Crippen molar-refractivity contribution < 1.29 is 9.52 Å². The first-order chi connectivity index (χ1) is 11.7. The standard InChI is InChI=1S/C17H22N4O2S/c1-12-8-21-10-14(22)7-13(21)9-20(12)11-15-3-4-16(23-15)24-17-18-5-2-6-19-17/h2-6,12-14,22H,7-11H2,1H3/t12-,13-,14+/m0/s1. The number of nitrogens with zero attached hydrogens (tertiary/aromatic N) is 4. The molecule has 0 bridgehead atoms. The number of aromatic nitrogens is 2. The van der Waals surface area contributed by atoms with Crippen LogP contribution in [-0.4, -0.2) is 62.7 Å². The second kappa shape index (κ2) is 6.84. The van der Waals surface area contributed by atoms with E-state index in [1.807, 2.05) is 12.1 Å². The molecule has 4 heterocycles. The van der Waals surface area contributed by atoms with Crippen LogP contribution in [0.25, 0.3) is 0 Å². The summed E-state index contributed by atoms with van der Waals surface area (Å²) in [4.78, 5) is 13.3. The largest absolute Gasteiger partial charge is 0.453 e. The summed E-state index contributed by atoms with van der Waals surface area (Å²) < 4.78 is 5.95. The van der Waals surface area contributed by atoms with E-state index in [9.17, 15) is 5.11 Å². The first-order valence-electron chi connectivity index (χ1n) is 8.37. The minimum Gasteiger partial charge on any atom is -0.453 e. The predicted molar refractivity (Wildman–Crippen MR) is 90.7 cm³/mol. The molecule has 4 rings (SSSR count). The maximum atomic E-state index is 9.87. The minimum absolute atomic E-state index is 0.167. The van der Waals surface area contributed by atoms with Gasteiger partial charge in [0.25, 0.3) is 0 Å². The molecule has 0 spiro atoms. The average molecular weight is 346 g/mol. The number of fused-ring (bicyclic) bond motifs is 1. The highest BCUT2D eigenvalue weighted by molar-refractivity contribution is 7.99. The summed E-state index contributed by atoms with van der Waals surface area (Å²) >= 11 is 1.44. The Morgan fingerprint density at radius 3 is 2.92 bits per heavy atom. The summed E-state index contributed by atoms with van der Waals surface area (Å²) in [5, 5.41) is 11.4. The second-order valence-electron chi connectivity index (χ2n) is 6.63.